The van der Waals surface area contributed by atoms with Crippen LogP contribution in [0.2, 0.25) is 0 Å². The lowest BCUT2D eigenvalue weighted by Gasteiger charge is -2.36. The predicted octanol–water partition coefficient (Wildman–Crippen LogP) is 1.68. The molecule has 0 rings (SSSR count). The first-order valence-electron chi connectivity index (χ1n) is 6.53. The standard InChI is InChI=1S/C13H31N3/c1-12(2)6-10-16(13(3,4)5)11-9-15-8-7-14/h12,15H,6-11,14H2,1-5H3. The van der Waals surface area contributed by atoms with Crippen molar-refractivity contribution in [1.82, 2.24) is 10.2 Å². The molecule has 0 aromatic rings. The van der Waals surface area contributed by atoms with Crippen LogP contribution in [0.25, 0.3) is 0 Å². The fourth-order valence-corrected chi connectivity index (χ4v) is 1.64. The molecule has 0 aliphatic heterocycles. The molecule has 3 N–H and O–H groups in total. The van der Waals surface area contributed by atoms with Gasteiger partial charge in [0.1, 0.15) is 0 Å². The number of nitrogens with zero attached hydrogens (tertiary/aromatic N) is 1. The van der Waals surface area contributed by atoms with Gasteiger partial charge in [-0.2, -0.15) is 0 Å². The third kappa shape index (κ3) is 8.08. The summed E-state index contributed by atoms with van der Waals surface area (Å²) in [5.74, 6) is 0.779. The van der Waals surface area contributed by atoms with Gasteiger partial charge in [0, 0.05) is 31.7 Å². The van der Waals surface area contributed by atoms with Crippen molar-refractivity contribution in [1.29, 1.82) is 0 Å². The van der Waals surface area contributed by atoms with Crippen LogP contribution in [-0.2, 0) is 0 Å². The number of hydrogen-bond acceptors (Lipinski definition) is 3. The Bertz CT molecular complexity index is 161. The normalized spacial score (nSPS) is 12.8. The van der Waals surface area contributed by atoms with E-state index < -0.39 is 0 Å². The molecule has 0 bridgehead atoms. The van der Waals surface area contributed by atoms with Gasteiger partial charge < -0.3 is 11.1 Å². The van der Waals surface area contributed by atoms with Gasteiger partial charge in [-0.15, -0.1) is 0 Å². The molecule has 0 saturated carbocycles. The number of nitrogens with one attached hydrogen (secondary N) is 1. The van der Waals surface area contributed by atoms with Crippen LogP contribution in [0.4, 0.5) is 0 Å². The van der Waals surface area contributed by atoms with Crippen LogP contribution in [0.1, 0.15) is 41.0 Å². The maximum Gasteiger partial charge on any atom is 0.0125 e. The third-order valence-electron chi connectivity index (χ3n) is 2.80. The molecule has 0 spiro atoms. The van der Waals surface area contributed by atoms with Crippen LogP contribution in [0.3, 0.4) is 0 Å². The fourth-order valence-electron chi connectivity index (χ4n) is 1.64. The highest BCUT2D eigenvalue weighted by molar-refractivity contribution is 4.77. The average Bonchev–Trinajstić information content (AvgIpc) is 2.14. The van der Waals surface area contributed by atoms with E-state index in [2.05, 4.69) is 44.8 Å². The molecular weight excluding hydrogens is 198 g/mol. The third-order valence-corrected chi connectivity index (χ3v) is 2.80. The van der Waals surface area contributed by atoms with Crippen LogP contribution in [0.15, 0.2) is 0 Å². The molecule has 0 atom stereocenters. The Balaban J connectivity index is 3.92. The van der Waals surface area contributed by atoms with Gasteiger partial charge in [-0.25, -0.2) is 0 Å². The lowest BCUT2D eigenvalue weighted by atomic mass is 10.0. The first kappa shape index (κ1) is 15.9. The predicted molar refractivity (Wildman–Crippen MR) is 72.7 cm³/mol. The zero-order valence-electron chi connectivity index (χ0n) is 11.8. The minimum absolute atomic E-state index is 0.263. The molecule has 0 unspecified atom stereocenters. The highest BCUT2D eigenvalue weighted by Crippen LogP contribution is 2.14. The van der Waals surface area contributed by atoms with E-state index in [9.17, 15) is 0 Å². The quantitative estimate of drug-likeness (QED) is 0.622. The number of rotatable bonds is 8. The maximum atomic E-state index is 5.45. The van der Waals surface area contributed by atoms with Crippen LogP contribution < -0.4 is 11.1 Å². The summed E-state index contributed by atoms with van der Waals surface area (Å²) in [6.07, 6.45) is 1.27. The smallest absolute Gasteiger partial charge is 0.0125 e. The Hall–Kier alpha value is -0.120. The van der Waals surface area contributed by atoms with Gasteiger partial charge in [0.25, 0.3) is 0 Å². The Labute approximate surface area is 102 Å². The molecule has 0 aromatic carbocycles. The molecule has 0 aromatic heterocycles. The molecular formula is C13H31N3. The van der Waals surface area contributed by atoms with Gasteiger partial charge in [0.2, 0.25) is 0 Å². The van der Waals surface area contributed by atoms with Crippen molar-refractivity contribution < 1.29 is 0 Å². The molecule has 98 valence electrons. The van der Waals surface area contributed by atoms with E-state index in [0.717, 1.165) is 32.1 Å². The van der Waals surface area contributed by atoms with Crippen LogP contribution >= 0.6 is 0 Å². The van der Waals surface area contributed by atoms with Crippen LogP contribution in [0.5, 0.6) is 0 Å². The van der Waals surface area contributed by atoms with Crippen molar-refractivity contribution in [2.24, 2.45) is 11.7 Å². The second-order valence-electron chi connectivity index (χ2n) is 5.88. The van der Waals surface area contributed by atoms with Crippen molar-refractivity contribution in [3.63, 3.8) is 0 Å². The second-order valence-corrected chi connectivity index (χ2v) is 5.88. The van der Waals surface area contributed by atoms with E-state index in [1.54, 1.807) is 0 Å². The molecule has 0 heterocycles. The molecule has 0 saturated heterocycles. The number of nitrogens with two attached hydrogens (primary N) is 1. The summed E-state index contributed by atoms with van der Waals surface area (Å²) in [6, 6.07) is 0. The van der Waals surface area contributed by atoms with Gasteiger partial charge in [-0.3, -0.25) is 4.90 Å². The lowest BCUT2D eigenvalue weighted by Crippen LogP contribution is -2.46. The Morgan fingerprint density at radius 3 is 2.19 bits per heavy atom. The highest BCUT2D eigenvalue weighted by Gasteiger charge is 2.20. The Kier molecular flexibility index (Phi) is 7.98. The molecule has 3 heteroatoms. The fraction of sp³-hybridized carbons (Fsp3) is 1.00. The number of hydrogen-bond donors (Lipinski definition) is 2. The monoisotopic (exact) mass is 229 g/mol. The molecule has 16 heavy (non-hydrogen) atoms. The Morgan fingerprint density at radius 2 is 1.75 bits per heavy atom. The van der Waals surface area contributed by atoms with E-state index in [0.29, 0.717) is 0 Å². The molecule has 0 fully saturated rings. The van der Waals surface area contributed by atoms with Gasteiger partial charge in [-0.1, -0.05) is 13.8 Å². The summed E-state index contributed by atoms with van der Waals surface area (Å²) >= 11 is 0. The lowest BCUT2D eigenvalue weighted by molar-refractivity contribution is 0.130. The first-order valence-corrected chi connectivity index (χ1v) is 6.53. The largest absolute Gasteiger partial charge is 0.329 e. The minimum atomic E-state index is 0.263. The summed E-state index contributed by atoms with van der Waals surface area (Å²) in [6.45, 7) is 16.4. The van der Waals surface area contributed by atoms with Gasteiger partial charge in [-0.05, 0) is 39.7 Å². The second kappa shape index (κ2) is 8.04. The minimum Gasteiger partial charge on any atom is -0.329 e. The summed E-state index contributed by atoms with van der Waals surface area (Å²) in [4.78, 5) is 2.55. The summed E-state index contributed by atoms with van der Waals surface area (Å²) < 4.78 is 0. The van der Waals surface area contributed by atoms with E-state index in [4.69, 9.17) is 5.73 Å². The van der Waals surface area contributed by atoms with Crippen molar-refractivity contribution in [2.45, 2.75) is 46.6 Å². The van der Waals surface area contributed by atoms with Crippen molar-refractivity contribution >= 4 is 0 Å². The molecule has 0 aliphatic rings. The van der Waals surface area contributed by atoms with Crippen molar-refractivity contribution in [2.75, 3.05) is 32.7 Å². The van der Waals surface area contributed by atoms with Crippen LogP contribution in [0, 0.1) is 5.92 Å². The topological polar surface area (TPSA) is 41.3 Å². The zero-order chi connectivity index (χ0) is 12.6. The molecule has 0 amide bonds. The zero-order valence-corrected chi connectivity index (χ0v) is 11.8. The Morgan fingerprint density at radius 1 is 1.12 bits per heavy atom. The molecule has 0 radical (unpaired) electrons. The summed E-state index contributed by atoms with van der Waals surface area (Å²) in [5, 5.41) is 3.36. The van der Waals surface area contributed by atoms with E-state index in [1.165, 1.54) is 13.0 Å². The SMILES string of the molecule is CC(C)CCN(CCNCCN)C(C)(C)C. The van der Waals surface area contributed by atoms with Crippen molar-refractivity contribution in [3.05, 3.63) is 0 Å². The van der Waals surface area contributed by atoms with E-state index in [-0.39, 0.29) is 5.54 Å². The molecule has 3 nitrogen and oxygen atoms in total. The van der Waals surface area contributed by atoms with Gasteiger partial charge in [0.15, 0.2) is 0 Å². The van der Waals surface area contributed by atoms with Gasteiger partial charge >= 0.3 is 0 Å². The maximum absolute atomic E-state index is 5.45. The molecule has 0 aliphatic carbocycles. The van der Waals surface area contributed by atoms with Gasteiger partial charge in [0.05, 0.1) is 0 Å². The highest BCUT2D eigenvalue weighted by atomic mass is 15.2. The average molecular weight is 229 g/mol. The van der Waals surface area contributed by atoms with E-state index in [1.807, 2.05) is 0 Å². The van der Waals surface area contributed by atoms with Crippen molar-refractivity contribution in [3.8, 4) is 0 Å². The van der Waals surface area contributed by atoms with E-state index >= 15 is 0 Å². The summed E-state index contributed by atoms with van der Waals surface area (Å²) in [7, 11) is 0. The first-order chi connectivity index (χ1) is 7.38. The summed E-state index contributed by atoms with van der Waals surface area (Å²) in [5.41, 5.74) is 5.72. The van der Waals surface area contributed by atoms with Crippen LogP contribution in [-0.4, -0.2) is 43.2 Å².